The van der Waals surface area contributed by atoms with Gasteiger partial charge in [0.25, 0.3) is 0 Å². The maximum atomic E-state index is 14.1. The maximum Gasteiger partial charge on any atom is 0.305 e. The molecule has 64 heavy (non-hydrogen) atoms. The molecule has 0 saturated heterocycles. The van der Waals surface area contributed by atoms with Crippen molar-refractivity contribution in [3.05, 3.63) is 65.7 Å². The number of rotatable bonds is 29. The van der Waals surface area contributed by atoms with Gasteiger partial charge in [0.05, 0.1) is 18.9 Å². The van der Waals surface area contributed by atoms with Gasteiger partial charge in [-0.25, -0.2) is 0 Å². The van der Waals surface area contributed by atoms with E-state index in [2.05, 4.69) is 31.9 Å². The number of carbonyl (C=O) groups is 9. The number of hydrogen-bond acceptors (Lipinski definition) is 13. The van der Waals surface area contributed by atoms with Crippen LogP contribution in [0.25, 0.3) is 0 Å². The molecule has 20 nitrogen and oxygen atoms in total. The third-order valence-electron chi connectivity index (χ3n) is 9.52. The van der Waals surface area contributed by atoms with Gasteiger partial charge in [-0.3, -0.25) is 43.2 Å². The number of carboxylic acids is 2. The number of carbonyl (C=O) groups excluding carboxylic acids is 7. The van der Waals surface area contributed by atoms with Crippen molar-refractivity contribution in [2.45, 2.75) is 101 Å². The maximum absolute atomic E-state index is 14.1. The number of primary amides is 1. The minimum absolute atomic E-state index is 0.0143. The van der Waals surface area contributed by atoms with Gasteiger partial charge in [0, 0.05) is 6.42 Å². The number of aromatic hydroxyl groups is 1. The summed E-state index contributed by atoms with van der Waals surface area (Å²) in [7, 11) is 0. The lowest BCUT2D eigenvalue weighted by molar-refractivity contribution is -0.142. The SMILES string of the molecule is CSCC[C@H](NC(=O)[C@H](CC(C)C)NC(=O)[C@H](CC(=O)O)NC(=O)[C@H](Cc1ccccc1)NC(=O)[C@@H](CCSC)NC(=O)[C@@H](N)Cc1ccc(O)cc1)C(=O)N[C@@H](CC(=O)O)C(N)=O. The predicted molar refractivity (Wildman–Crippen MR) is 241 cm³/mol. The highest BCUT2D eigenvalue weighted by molar-refractivity contribution is 7.98. The zero-order chi connectivity index (χ0) is 47.9. The molecule has 0 heterocycles. The fraction of sp³-hybridized carbons (Fsp3) is 0.500. The van der Waals surface area contributed by atoms with E-state index in [4.69, 9.17) is 16.6 Å². The Bertz CT molecular complexity index is 1910. The number of benzene rings is 2. The van der Waals surface area contributed by atoms with Gasteiger partial charge in [-0.05, 0) is 78.9 Å². The molecule has 13 N–H and O–H groups in total. The van der Waals surface area contributed by atoms with Crippen molar-refractivity contribution in [2.24, 2.45) is 17.4 Å². The average Bonchev–Trinajstić information content (AvgIpc) is 3.23. The highest BCUT2D eigenvalue weighted by Gasteiger charge is 2.35. The van der Waals surface area contributed by atoms with Crippen LogP contribution in [0, 0.1) is 5.92 Å². The molecule has 0 aromatic heterocycles. The van der Waals surface area contributed by atoms with E-state index in [0.717, 1.165) is 0 Å². The lowest BCUT2D eigenvalue weighted by Crippen LogP contribution is -2.60. The topological polar surface area (TPSA) is 339 Å². The summed E-state index contributed by atoms with van der Waals surface area (Å²) in [6.07, 6.45) is 1.91. The van der Waals surface area contributed by atoms with Crippen LogP contribution in [0.5, 0.6) is 5.75 Å². The van der Waals surface area contributed by atoms with Crippen molar-refractivity contribution in [3.63, 3.8) is 0 Å². The normalized spacial score (nSPS) is 14.3. The summed E-state index contributed by atoms with van der Waals surface area (Å²) in [6.45, 7) is 3.47. The molecule has 0 bridgehead atoms. The van der Waals surface area contributed by atoms with E-state index in [-0.39, 0.29) is 43.8 Å². The molecule has 352 valence electrons. The average molecular weight is 933 g/mol. The number of carboxylic acid groups (broad SMARTS) is 2. The van der Waals surface area contributed by atoms with Gasteiger partial charge < -0.3 is 58.7 Å². The van der Waals surface area contributed by atoms with Crippen LogP contribution in [0.3, 0.4) is 0 Å². The molecule has 0 aliphatic rings. The monoisotopic (exact) mass is 932 g/mol. The predicted octanol–water partition coefficient (Wildman–Crippen LogP) is -0.599. The van der Waals surface area contributed by atoms with Crippen molar-refractivity contribution >= 4 is 76.8 Å². The van der Waals surface area contributed by atoms with E-state index >= 15 is 0 Å². The largest absolute Gasteiger partial charge is 0.508 e. The van der Waals surface area contributed by atoms with Gasteiger partial charge in [-0.1, -0.05) is 56.3 Å². The summed E-state index contributed by atoms with van der Waals surface area (Å²) in [5.41, 5.74) is 12.7. The summed E-state index contributed by atoms with van der Waals surface area (Å²) >= 11 is 2.73. The summed E-state index contributed by atoms with van der Waals surface area (Å²) < 4.78 is 0. The number of phenols is 1. The molecule has 7 amide bonds. The third-order valence-corrected chi connectivity index (χ3v) is 10.8. The highest BCUT2D eigenvalue weighted by Crippen LogP contribution is 2.13. The quantitative estimate of drug-likeness (QED) is 0.0485. The van der Waals surface area contributed by atoms with Crippen LogP contribution in [0.2, 0.25) is 0 Å². The van der Waals surface area contributed by atoms with E-state index in [0.29, 0.717) is 22.6 Å². The summed E-state index contributed by atoms with van der Waals surface area (Å²) in [5.74, 6) is -8.67. The molecule has 2 aromatic carbocycles. The number of phenolic OH excluding ortho intramolecular Hbond substituents is 1. The number of nitrogens with two attached hydrogens (primary N) is 2. The molecule has 0 radical (unpaired) electrons. The second-order valence-corrected chi connectivity index (χ2v) is 17.3. The van der Waals surface area contributed by atoms with Gasteiger partial charge in [0.2, 0.25) is 41.4 Å². The van der Waals surface area contributed by atoms with Crippen molar-refractivity contribution in [2.75, 3.05) is 24.0 Å². The molecule has 0 unspecified atom stereocenters. The minimum atomic E-state index is -1.78. The Morgan fingerprint density at radius 2 is 0.953 bits per heavy atom. The Morgan fingerprint density at radius 1 is 0.547 bits per heavy atom. The summed E-state index contributed by atoms with van der Waals surface area (Å²) in [4.78, 5) is 117. The number of aliphatic carboxylic acids is 2. The van der Waals surface area contributed by atoms with E-state index < -0.39 is 108 Å². The molecule has 0 fully saturated rings. The second-order valence-electron chi connectivity index (χ2n) is 15.3. The van der Waals surface area contributed by atoms with Gasteiger partial charge in [-0.15, -0.1) is 0 Å². The lowest BCUT2D eigenvalue weighted by Gasteiger charge is -2.28. The summed E-state index contributed by atoms with van der Waals surface area (Å²) in [5, 5.41) is 43.5. The first-order chi connectivity index (χ1) is 30.2. The first-order valence-corrected chi connectivity index (χ1v) is 23.1. The Balaban J connectivity index is 2.37. The molecular formula is C42H60N8O12S2. The van der Waals surface area contributed by atoms with Gasteiger partial charge in [0.15, 0.2) is 0 Å². The van der Waals surface area contributed by atoms with Gasteiger partial charge >= 0.3 is 11.9 Å². The third kappa shape index (κ3) is 20.1. The van der Waals surface area contributed by atoms with E-state index in [1.165, 1.54) is 35.7 Å². The first-order valence-electron chi connectivity index (χ1n) is 20.3. The van der Waals surface area contributed by atoms with Crippen LogP contribution >= 0.6 is 23.5 Å². The Morgan fingerprint density at radius 3 is 1.45 bits per heavy atom. The zero-order valence-electron chi connectivity index (χ0n) is 36.2. The molecular weight excluding hydrogens is 873 g/mol. The summed E-state index contributed by atoms with van der Waals surface area (Å²) in [6, 6.07) is 4.91. The van der Waals surface area contributed by atoms with Crippen LogP contribution in [-0.2, 0) is 56.0 Å². The standard InChI is InChI=1S/C42H60N8O12S2/c1-23(2)18-31(40(60)46-29(15-17-64-4)38(58)47-30(36(44)56)21-34(52)53)48-42(62)33(22-35(54)55)50-41(61)32(20-24-8-6-5-7-9-24)49-39(59)28(14-16-63-3)45-37(57)27(43)19-25-10-12-26(51)13-11-25/h5-13,23,27-33,51H,14-22,43H2,1-4H3,(H2,44,56)(H,45,57)(H,46,60)(H,47,58)(H,48,62)(H,49,59)(H,50,61)(H,52,53)(H,54,55)/t27-,28+,29-,30-,31-,32-,33-/m0/s1. The Kier molecular flexibility index (Phi) is 23.8. The second kappa shape index (κ2) is 28.0. The molecule has 0 aliphatic heterocycles. The zero-order valence-corrected chi connectivity index (χ0v) is 37.8. The van der Waals surface area contributed by atoms with E-state index in [1.54, 1.807) is 68.8 Å². The Hall–Kier alpha value is -5.87. The fourth-order valence-electron chi connectivity index (χ4n) is 6.17. The first kappa shape index (κ1) is 54.3. The van der Waals surface area contributed by atoms with Crippen LogP contribution < -0.4 is 43.4 Å². The van der Waals surface area contributed by atoms with Crippen molar-refractivity contribution in [3.8, 4) is 5.75 Å². The number of thioether (sulfide) groups is 2. The molecule has 0 aliphatic carbocycles. The van der Waals surface area contributed by atoms with Gasteiger partial charge in [0.1, 0.15) is 42.0 Å². The molecule has 0 spiro atoms. The number of amides is 7. The fourth-order valence-corrected chi connectivity index (χ4v) is 7.11. The van der Waals surface area contributed by atoms with Gasteiger partial charge in [-0.2, -0.15) is 23.5 Å². The van der Waals surface area contributed by atoms with Crippen LogP contribution in [0.1, 0.15) is 57.1 Å². The smallest absolute Gasteiger partial charge is 0.305 e. The molecule has 7 atom stereocenters. The van der Waals surface area contributed by atoms with Crippen molar-refractivity contribution in [1.82, 2.24) is 31.9 Å². The Labute approximate surface area is 379 Å². The van der Waals surface area contributed by atoms with Crippen molar-refractivity contribution < 1.29 is 58.5 Å². The lowest BCUT2D eigenvalue weighted by atomic mass is 10.0. The van der Waals surface area contributed by atoms with Crippen LogP contribution in [0.4, 0.5) is 0 Å². The van der Waals surface area contributed by atoms with Crippen molar-refractivity contribution in [1.29, 1.82) is 0 Å². The minimum Gasteiger partial charge on any atom is -0.508 e. The van der Waals surface area contributed by atoms with E-state index in [9.17, 15) is 53.4 Å². The number of hydrogen-bond donors (Lipinski definition) is 11. The number of nitrogens with one attached hydrogen (secondary N) is 6. The highest BCUT2D eigenvalue weighted by atomic mass is 32.2. The molecule has 0 saturated carbocycles. The van der Waals surface area contributed by atoms with E-state index in [1.807, 2.05) is 0 Å². The molecule has 22 heteroatoms. The molecule has 2 rings (SSSR count). The van der Waals surface area contributed by atoms with Crippen LogP contribution in [-0.4, -0.2) is 135 Å². The van der Waals surface area contributed by atoms with Crippen LogP contribution in [0.15, 0.2) is 54.6 Å². The molecule has 2 aromatic rings.